The Morgan fingerprint density at radius 1 is 1.33 bits per heavy atom. The minimum atomic E-state index is -0.469. The number of hydrogen-bond acceptors (Lipinski definition) is 4. The minimum Gasteiger partial charge on any atom is -0.352 e. The lowest BCUT2D eigenvalue weighted by atomic mass is 9.86. The van der Waals surface area contributed by atoms with Crippen molar-refractivity contribution >= 4 is 11.8 Å². The molecule has 1 saturated heterocycles. The Labute approximate surface area is 127 Å². The van der Waals surface area contributed by atoms with Crippen LogP contribution in [-0.4, -0.2) is 67.4 Å². The van der Waals surface area contributed by atoms with E-state index < -0.39 is 5.41 Å². The van der Waals surface area contributed by atoms with Crippen LogP contribution in [0, 0.1) is 5.41 Å². The molecule has 0 saturated carbocycles. The molecule has 3 N–H and O–H groups in total. The molecule has 21 heavy (non-hydrogen) atoms. The highest BCUT2D eigenvalue weighted by atomic mass is 16.2. The van der Waals surface area contributed by atoms with Gasteiger partial charge in [-0.1, -0.05) is 13.0 Å². The Balaban J connectivity index is 2.43. The molecule has 0 aliphatic carbocycles. The number of nitrogens with zero attached hydrogens (tertiary/aromatic N) is 2. The smallest absolute Gasteiger partial charge is 0.234 e. The summed E-state index contributed by atoms with van der Waals surface area (Å²) in [6.07, 6.45) is 2.40. The lowest BCUT2D eigenvalue weighted by Gasteiger charge is -2.39. The van der Waals surface area contributed by atoms with Crippen molar-refractivity contribution in [2.24, 2.45) is 11.1 Å². The molecular formula is C15H28N4O2. The standard InChI is InChI=1S/C15H28N4O2/c1-4-6-17-13(20)11-18-7-9-19(10-8-18)14(21)15(3,5-2)12-16/h4H,1,5-12,16H2,2-3H3,(H,17,20). The van der Waals surface area contributed by atoms with Crippen molar-refractivity contribution < 1.29 is 9.59 Å². The van der Waals surface area contributed by atoms with Crippen LogP contribution in [0.25, 0.3) is 0 Å². The van der Waals surface area contributed by atoms with Crippen molar-refractivity contribution in [2.75, 3.05) is 45.8 Å². The van der Waals surface area contributed by atoms with Gasteiger partial charge in [0, 0.05) is 39.3 Å². The van der Waals surface area contributed by atoms with Crippen molar-refractivity contribution in [1.29, 1.82) is 0 Å². The SMILES string of the molecule is C=CCNC(=O)CN1CCN(C(=O)C(C)(CC)CN)CC1. The summed E-state index contributed by atoms with van der Waals surface area (Å²) in [7, 11) is 0. The fraction of sp³-hybridized carbons (Fsp3) is 0.733. The van der Waals surface area contributed by atoms with Gasteiger partial charge in [-0.3, -0.25) is 14.5 Å². The van der Waals surface area contributed by atoms with Crippen LogP contribution in [0.5, 0.6) is 0 Å². The van der Waals surface area contributed by atoms with Crippen LogP contribution in [-0.2, 0) is 9.59 Å². The summed E-state index contributed by atoms with van der Waals surface area (Å²) in [4.78, 5) is 28.1. The monoisotopic (exact) mass is 296 g/mol. The molecule has 1 atom stereocenters. The van der Waals surface area contributed by atoms with Gasteiger partial charge in [0.05, 0.1) is 12.0 Å². The zero-order valence-corrected chi connectivity index (χ0v) is 13.2. The predicted octanol–water partition coefficient (Wildman–Crippen LogP) is -0.192. The third-order valence-electron chi connectivity index (χ3n) is 4.22. The van der Waals surface area contributed by atoms with Gasteiger partial charge in [0.25, 0.3) is 0 Å². The van der Waals surface area contributed by atoms with E-state index >= 15 is 0 Å². The van der Waals surface area contributed by atoms with Crippen molar-refractivity contribution in [3.8, 4) is 0 Å². The van der Waals surface area contributed by atoms with E-state index in [0.717, 1.165) is 19.5 Å². The maximum Gasteiger partial charge on any atom is 0.234 e. The molecule has 0 bridgehead atoms. The van der Waals surface area contributed by atoms with E-state index in [9.17, 15) is 9.59 Å². The van der Waals surface area contributed by atoms with E-state index in [-0.39, 0.29) is 11.8 Å². The molecule has 1 rings (SSSR count). The molecular weight excluding hydrogens is 268 g/mol. The second kappa shape index (κ2) is 8.14. The second-order valence-corrected chi connectivity index (χ2v) is 5.78. The van der Waals surface area contributed by atoms with E-state index in [2.05, 4.69) is 16.8 Å². The molecule has 2 amide bonds. The summed E-state index contributed by atoms with van der Waals surface area (Å²) in [5, 5.41) is 2.76. The Kier molecular flexibility index (Phi) is 6.84. The van der Waals surface area contributed by atoms with Crippen LogP contribution in [0.3, 0.4) is 0 Å². The Morgan fingerprint density at radius 2 is 1.95 bits per heavy atom. The zero-order chi connectivity index (χ0) is 15.9. The number of carbonyl (C=O) groups is 2. The number of amides is 2. The Bertz CT molecular complexity index is 372. The largest absolute Gasteiger partial charge is 0.352 e. The molecule has 0 aromatic carbocycles. The molecule has 0 aromatic rings. The maximum atomic E-state index is 12.5. The van der Waals surface area contributed by atoms with Crippen LogP contribution in [0.15, 0.2) is 12.7 Å². The predicted molar refractivity (Wildman–Crippen MR) is 83.7 cm³/mol. The van der Waals surface area contributed by atoms with E-state index in [1.54, 1.807) is 6.08 Å². The molecule has 1 aliphatic rings. The molecule has 6 heteroatoms. The summed E-state index contributed by atoms with van der Waals surface area (Å²) in [5.74, 6) is 0.123. The van der Waals surface area contributed by atoms with Crippen LogP contribution in [0.2, 0.25) is 0 Å². The topological polar surface area (TPSA) is 78.7 Å². The van der Waals surface area contributed by atoms with Crippen LogP contribution in [0.1, 0.15) is 20.3 Å². The van der Waals surface area contributed by atoms with E-state index in [4.69, 9.17) is 5.73 Å². The first-order valence-electron chi connectivity index (χ1n) is 7.56. The molecule has 1 aliphatic heterocycles. The minimum absolute atomic E-state index is 0.00460. The summed E-state index contributed by atoms with van der Waals surface area (Å²) in [5.41, 5.74) is 5.28. The second-order valence-electron chi connectivity index (χ2n) is 5.78. The van der Waals surface area contributed by atoms with Crippen LogP contribution >= 0.6 is 0 Å². The van der Waals surface area contributed by atoms with E-state index in [0.29, 0.717) is 32.7 Å². The first-order valence-corrected chi connectivity index (χ1v) is 7.56. The average molecular weight is 296 g/mol. The maximum absolute atomic E-state index is 12.5. The number of nitrogens with two attached hydrogens (primary N) is 1. The normalized spacial score (nSPS) is 18.9. The van der Waals surface area contributed by atoms with E-state index in [1.807, 2.05) is 18.7 Å². The van der Waals surface area contributed by atoms with Crippen molar-refractivity contribution in [3.05, 3.63) is 12.7 Å². The number of rotatable bonds is 7. The van der Waals surface area contributed by atoms with Crippen molar-refractivity contribution in [3.63, 3.8) is 0 Å². The molecule has 1 unspecified atom stereocenters. The molecule has 120 valence electrons. The summed E-state index contributed by atoms with van der Waals surface area (Å²) >= 11 is 0. The molecule has 0 radical (unpaired) electrons. The third-order valence-corrected chi connectivity index (χ3v) is 4.22. The lowest BCUT2D eigenvalue weighted by Crippen LogP contribution is -2.55. The highest BCUT2D eigenvalue weighted by Crippen LogP contribution is 2.23. The summed E-state index contributed by atoms with van der Waals surface area (Å²) < 4.78 is 0. The number of piperazine rings is 1. The summed E-state index contributed by atoms with van der Waals surface area (Å²) in [6.45, 7) is 11.5. The highest BCUT2D eigenvalue weighted by molar-refractivity contribution is 5.82. The number of carbonyl (C=O) groups excluding carboxylic acids is 2. The van der Waals surface area contributed by atoms with Gasteiger partial charge in [0.2, 0.25) is 11.8 Å². The number of nitrogens with one attached hydrogen (secondary N) is 1. The van der Waals surface area contributed by atoms with Gasteiger partial charge in [-0.25, -0.2) is 0 Å². The first-order chi connectivity index (χ1) is 9.96. The van der Waals surface area contributed by atoms with Gasteiger partial charge in [-0.2, -0.15) is 0 Å². The first kappa shape index (κ1) is 17.7. The fourth-order valence-electron chi connectivity index (χ4n) is 2.32. The van der Waals surface area contributed by atoms with Gasteiger partial charge in [0.1, 0.15) is 0 Å². The van der Waals surface area contributed by atoms with Gasteiger partial charge in [-0.15, -0.1) is 6.58 Å². The van der Waals surface area contributed by atoms with Crippen molar-refractivity contribution in [2.45, 2.75) is 20.3 Å². The molecule has 6 nitrogen and oxygen atoms in total. The van der Waals surface area contributed by atoms with Crippen molar-refractivity contribution in [1.82, 2.24) is 15.1 Å². The van der Waals surface area contributed by atoms with Gasteiger partial charge < -0.3 is 16.0 Å². The fourth-order valence-corrected chi connectivity index (χ4v) is 2.32. The Hall–Kier alpha value is -1.40. The van der Waals surface area contributed by atoms with Gasteiger partial charge >= 0.3 is 0 Å². The van der Waals surface area contributed by atoms with Crippen LogP contribution in [0.4, 0.5) is 0 Å². The van der Waals surface area contributed by atoms with E-state index in [1.165, 1.54) is 0 Å². The summed E-state index contributed by atoms with van der Waals surface area (Å²) in [6, 6.07) is 0. The molecule has 1 heterocycles. The molecule has 1 fully saturated rings. The van der Waals surface area contributed by atoms with Gasteiger partial charge in [-0.05, 0) is 13.3 Å². The average Bonchev–Trinajstić information content (AvgIpc) is 2.52. The Morgan fingerprint density at radius 3 is 2.43 bits per heavy atom. The highest BCUT2D eigenvalue weighted by Gasteiger charge is 2.35. The number of hydrogen-bond donors (Lipinski definition) is 2. The quantitative estimate of drug-likeness (QED) is 0.638. The lowest BCUT2D eigenvalue weighted by molar-refractivity contribution is -0.142. The zero-order valence-electron chi connectivity index (χ0n) is 13.2. The van der Waals surface area contributed by atoms with Crippen LogP contribution < -0.4 is 11.1 Å². The molecule has 0 aromatic heterocycles. The molecule has 0 spiro atoms. The third kappa shape index (κ3) is 4.82. The van der Waals surface area contributed by atoms with Gasteiger partial charge in [0.15, 0.2) is 0 Å².